The maximum Gasteiger partial charge on any atom is 0.0451 e. The molecule has 0 aliphatic rings. The Morgan fingerprint density at radius 3 is 1.57 bits per heavy atom. The molecule has 0 bridgehead atoms. The van der Waals surface area contributed by atoms with E-state index in [1.807, 2.05) is 38.4 Å². The van der Waals surface area contributed by atoms with Crippen molar-refractivity contribution in [1.29, 1.82) is 0 Å². The zero-order chi connectivity index (χ0) is 9.97. The van der Waals surface area contributed by atoms with Gasteiger partial charge < -0.3 is 0 Å². The van der Waals surface area contributed by atoms with Crippen molar-refractivity contribution in [3.8, 4) is 11.1 Å². The maximum atomic E-state index is 4.27. The van der Waals surface area contributed by atoms with E-state index in [9.17, 15) is 0 Å². The van der Waals surface area contributed by atoms with Crippen LogP contribution in [0.3, 0.4) is 0 Å². The topological polar surface area (TPSA) is 25.8 Å². The second-order valence-corrected chi connectivity index (χ2v) is 3.27. The minimum atomic E-state index is 1.05. The molecule has 2 heteroatoms. The molecule has 0 saturated heterocycles. The molecule has 2 rings (SSSR count). The second kappa shape index (κ2) is 3.58. The van der Waals surface area contributed by atoms with Gasteiger partial charge >= 0.3 is 0 Å². The van der Waals surface area contributed by atoms with Crippen LogP contribution < -0.4 is 0 Å². The number of aromatic nitrogens is 2. The van der Waals surface area contributed by atoms with E-state index in [-0.39, 0.29) is 0 Å². The quantitative estimate of drug-likeness (QED) is 0.681. The predicted octanol–water partition coefficient (Wildman–Crippen LogP) is 2.76. The van der Waals surface area contributed by atoms with Gasteiger partial charge in [0.05, 0.1) is 0 Å². The van der Waals surface area contributed by atoms with Crippen molar-refractivity contribution in [2.45, 2.75) is 13.8 Å². The summed E-state index contributed by atoms with van der Waals surface area (Å²) in [5.74, 6) is 0. The number of nitrogens with zero attached hydrogens (tertiary/aromatic N) is 2. The minimum Gasteiger partial charge on any atom is -0.261 e. The fraction of sp³-hybridized carbons (Fsp3) is 0.167. The van der Waals surface area contributed by atoms with Crippen LogP contribution in [0.2, 0.25) is 0 Å². The summed E-state index contributed by atoms with van der Waals surface area (Å²) >= 11 is 0. The Bertz CT molecular complexity index is 406. The lowest BCUT2D eigenvalue weighted by Gasteiger charge is -2.06. The fourth-order valence-corrected chi connectivity index (χ4v) is 1.54. The summed E-state index contributed by atoms with van der Waals surface area (Å²) in [5.41, 5.74) is 4.42. The second-order valence-electron chi connectivity index (χ2n) is 3.27. The van der Waals surface area contributed by atoms with E-state index in [4.69, 9.17) is 0 Å². The Labute approximate surface area is 83.7 Å². The van der Waals surface area contributed by atoms with Gasteiger partial charge in [0.2, 0.25) is 0 Å². The van der Waals surface area contributed by atoms with Crippen LogP contribution in [-0.4, -0.2) is 9.97 Å². The zero-order valence-electron chi connectivity index (χ0n) is 8.36. The first-order chi connectivity index (χ1) is 6.79. The van der Waals surface area contributed by atoms with Crippen LogP contribution in [-0.2, 0) is 0 Å². The van der Waals surface area contributed by atoms with Gasteiger partial charge in [-0.05, 0) is 26.0 Å². The molecular formula is C12H12N2. The number of rotatable bonds is 1. The Hall–Kier alpha value is -1.70. The van der Waals surface area contributed by atoms with Crippen LogP contribution in [0, 0.1) is 13.8 Å². The molecule has 0 atom stereocenters. The molecule has 70 valence electrons. The van der Waals surface area contributed by atoms with Crippen molar-refractivity contribution in [1.82, 2.24) is 9.97 Å². The van der Waals surface area contributed by atoms with Crippen LogP contribution >= 0.6 is 0 Å². The molecule has 0 N–H and O–H groups in total. The van der Waals surface area contributed by atoms with Gasteiger partial charge in [-0.15, -0.1) is 0 Å². The van der Waals surface area contributed by atoms with Crippen molar-refractivity contribution in [2.75, 3.05) is 0 Å². The summed E-state index contributed by atoms with van der Waals surface area (Å²) in [4.78, 5) is 8.54. The Morgan fingerprint density at radius 2 is 1.21 bits per heavy atom. The van der Waals surface area contributed by atoms with Gasteiger partial charge in [-0.2, -0.15) is 0 Å². The van der Waals surface area contributed by atoms with E-state index >= 15 is 0 Å². The molecule has 0 spiro atoms. The molecule has 2 heterocycles. The number of aryl methyl sites for hydroxylation is 2. The summed E-state index contributed by atoms with van der Waals surface area (Å²) in [7, 11) is 0. The minimum absolute atomic E-state index is 1.05. The maximum absolute atomic E-state index is 4.27. The lowest BCUT2D eigenvalue weighted by Crippen LogP contribution is -1.90. The Morgan fingerprint density at radius 1 is 0.786 bits per heavy atom. The number of pyridine rings is 2. The molecule has 0 aliphatic carbocycles. The van der Waals surface area contributed by atoms with Gasteiger partial charge in [-0.1, -0.05) is 12.1 Å². The molecular weight excluding hydrogens is 172 g/mol. The molecule has 14 heavy (non-hydrogen) atoms. The third-order valence-corrected chi connectivity index (χ3v) is 2.30. The summed E-state index contributed by atoms with van der Waals surface area (Å²) in [5, 5.41) is 0. The molecule has 2 aromatic rings. The molecule has 2 aromatic heterocycles. The summed E-state index contributed by atoms with van der Waals surface area (Å²) < 4.78 is 0. The number of hydrogen-bond acceptors (Lipinski definition) is 2. The highest BCUT2D eigenvalue weighted by atomic mass is 14.7. The van der Waals surface area contributed by atoms with Gasteiger partial charge in [-0.3, -0.25) is 9.97 Å². The van der Waals surface area contributed by atoms with E-state index in [1.165, 1.54) is 0 Å². The average molecular weight is 184 g/mol. The molecule has 0 saturated carbocycles. The van der Waals surface area contributed by atoms with E-state index in [0.29, 0.717) is 0 Å². The molecule has 0 amide bonds. The fourth-order valence-electron chi connectivity index (χ4n) is 1.54. The SMILES string of the molecule is Cc1ncccc1-c1cccnc1C. The van der Waals surface area contributed by atoms with E-state index < -0.39 is 0 Å². The molecule has 0 radical (unpaired) electrons. The lowest BCUT2D eigenvalue weighted by molar-refractivity contribution is 1.17. The van der Waals surface area contributed by atoms with Crippen LogP contribution in [0.5, 0.6) is 0 Å². The summed E-state index contributed by atoms with van der Waals surface area (Å²) in [6.45, 7) is 4.03. The van der Waals surface area contributed by atoms with E-state index in [0.717, 1.165) is 22.5 Å². The Kier molecular flexibility index (Phi) is 2.27. The van der Waals surface area contributed by atoms with Crippen molar-refractivity contribution in [3.63, 3.8) is 0 Å². The molecule has 0 aliphatic heterocycles. The highest BCUT2D eigenvalue weighted by Gasteiger charge is 2.04. The largest absolute Gasteiger partial charge is 0.261 e. The van der Waals surface area contributed by atoms with Crippen molar-refractivity contribution < 1.29 is 0 Å². The van der Waals surface area contributed by atoms with E-state index in [1.54, 1.807) is 0 Å². The van der Waals surface area contributed by atoms with Gasteiger partial charge in [0.15, 0.2) is 0 Å². The monoisotopic (exact) mass is 184 g/mol. The first kappa shape index (κ1) is 8.88. The van der Waals surface area contributed by atoms with Gasteiger partial charge in [-0.25, -0.2) is 0 Å². The summed E-state index contributed by atoms with van der Waals surface area (Å²) in [6.07, 6.45) is 3.62. The van der Waals surface area contributed by atoms with Gasteiger partial charge in [0.25, 0.3) is 0 Å². The number of hydrogen-bond donors (Lipinski definition) is 0. The standard InChI is InChI=1S/C12H12N2/c1-9-11(5-3-7-13-9)12-6-4-8-14-10(12)2/h3-8H,1-2H3. The van der Waals surface area contributed by atoms with E-state index in [2.05, 4.69) is 22.1 Å². The first-order valence-corrected chi connectivity index (χ1v) is 4.62. The predicted molar refractivity (Wildman–Crippen MR) is 56.9 cm³/mol. The Balaban J connectivity index is 2.61. The van der Waals surface area contributed by atoms with Crippen molar-refractivity contribution in [2.24, 2.45) is 0 Å². The van der Waals surface area contributed by atoms with Crippen LogP contribution in [0.15, 0.2) is 36.7 Å². The zero-order valence-corrected chi connectivity index (χ0v) is 8.36. The summed E-state index contributed by atoms with van der Waals surface area (Å²) in [6, 6.07) is 8.06. The van der Waals surface area contributed by atoms with Crippen LogP contribution in [0.4, 0.5) is 0 Å². The third-order valence-electron chi connectivity index (χ3n) is 2.30. The molecule has 0 fully saturated rings. The van der Waals surface area contributed by atoms with Crippen molar-refractivity contribution >= 4 is 0 Å². The molecule has 0 aromatic carbocycles. The van der Waals surface area contributed by atoms with Crippen LogP contribution in [0.1, 0.15) is 11.4 Å². The highest BCUT2D eigenvalue weighted by Crippen LogP contribution is 2.23. The first-order valence-electron chi connectivity index (χ1n) is 4.62. The lowest BCUT2D eigenvalue weighted by atomic mass is 10.0. The van der Waals surface area contributed by atoms with Gasteiger partial charge in [0.1, 0.15) is 0 Å². The molecule has 0 unspecified atom stereocenters. The normalized spacial score (nSPS) is 10.1. The van der Waals surface area contributed by atoms with Gasteiger partial charge in [0, 0.05) is 34.9 Å². The smallest absolute Gasteiger partial charge is 0.0451 e. The van der Waals surface area contributed by atoms with Crippen molar-refractivity contribution in [3.05, 3.63) is 48.0 Å². The highest BCUT2D eigenvalue weighted by molar-refractivity contribution is 5.67. The average Bonchev–Trinajstić information content (AvgIpc) is 2.20. The van der Waals surface area contributed by atoms with Crippen LogP contribution in [0.25, 0.3) is 11.1 Å². The molecule has 2 nitrogen and oxygen atoms in total. The third kappa shape index (κ3) is 1.51.